The Morgan fingerprint density at radius 3 is 2.40 bits per heavy atom. The highest BCUT2D eigenvalue weighted by atomic mass is 32.2. The fourth-order valence-electron chi connectivity index (χ4n) is 1.47. The number of nitrogens with one attached hydrogen (secondary N) is 2. The summed E-state index contributed by atoms with van der Waals surface area (Å²) in [5, 5.41) is 14.8. The minimum Gasteiger partial charge on any atom is -0.478 e. The number of carboxylic acid groups (broad SMARTS) is 1. The summed E-state index contributed by atoms with van der Waals surface area (Å²) in [6.45, 7) is 5.24. The highest BCUT2D eigenvalue weighted by Crippen LogP contribution is 2.07. The van der Waals surface area contributed by atoms with E-state index in [0.717, 1.165) is 11.3 Å². The highest BCUT2D eigenvalue weighted by Gasteiger charge is 2.03. The summed E-state index contributed by atoms with van der Waals surface area (Å²) in [4.78, 5) is 22.2. The molecule has 0 spiro atoms. The van der Waals surface area contributed by atoms with E-state index in [9.17, 15) is 9.59 Å². The smallest absolute Gasteiger partial charge is 0.335 e. The van der Waals surface area contributed by atoms with Crippen LogP contribution in [0.5, 0.6) is 0 Å². The number of carboxylic acids is 1. The molecule has 0 radical (unpaired) electrons. The monoisotopic (exact) mass is 296 g/mol. The van der Waals surface area contributed by atoms with Gasteiger partial charge < -0.3 is 15.7 Å². The van der Waals surface area contributed by atoms with Crippen LogP contribution in [0, 0.1) is 0 Å². The number of carbonyl (C=O) groups excluding carboxylic acids is 1. The molecule has 1 aromatic rings. The first-order chi connectivity index (χ1) is 9.49. The molecule has 5 nitrogen and oxygen atoms in total. The maximum atomic E-state index is 11.5. The SMILES string of the molecule is CC(C)SCCNC(=O)NCc1ccc(C(=O)O)cc1. The van der Waals surface area contributed by atoms with E-state index < -0.39 is 5.97 Å². The van der Waals surface area contributed by atoms with E-state index in [0.29, 0.717) is 18.3 Å². The molecule has 20 heavy (non-hydrogen) atoms. The molecule has 0 atom stereocenters. The first-order valence-corrected chi connectivity index (χ1v) is 7.49. The zero-order valence-corrected chi connectivity index (χ0v) is 12.5. The number of hydrogen-bond acceptors (Lipinski definition) is 3. The lowest BCUT2D eigenvalue weighted by Crippen LogP contribution is -2.36. The van der Waals surface area contributed by atoms with Crippen LogP contribution in [0.1, 0.15) is 29.8 Å². The number of hydrogen-bond donors (Lipinski definition) is 3. The second-order valence-corrected chi connectivity index (χ2v) is 6.22. The van der Waals surface area contributed by atoms with Crippen molar-refractivity contribution < 1.29 is 14.7 Å². The van der Waals surface area contributed by atoms with E-state index in [4.69, 9.17) is 5.11 Å². The molecule has 0 aliphatic heterocycles. The van der Waals surface area contributed by atoms with Gasteiger partial charge in [-0.1, -0.05) is 26.0 Å². The van der Waals surface area contributed by atoms with Crippen molar-refractivity contribution in [3.8, 4) is 0 Å². The second-order valence-electron chi connectivity index (χ2n) is 4.53. The van der Waals surface area contributed by atoms with Gasteiger partial charge in [0.15, 0.2) is 0 Å². The number of rotatable bonds is 7. The molecule has 0 bridgehead atoms. The zero-order valence-electron chi connectivity index (χ0n) is 11.7. The second kappa shape index (κ2) is 8.47. The van der Waals surface area contributed by atoms with Crippen molar-refractivity contribution in [2.75, 3.05) is 12.3 Å². The molecule has 0 unspecified atom stereocenters. The Hall–Kier alpha value is -1.69. The van der Waals surface area contributed by atoms with Crippen LogP contribution in [0.4, 0.5) is 4.79 Å². The highest BCUT2D eigenvalue weighted by molar-refractivity contribution is 7.99. The molecule has 0 aliphatic carbocycles. The Kier molecular flexibility index (Phi) is 6.93. The summed E-state index contributed by atoms with van der Waals surface area (Å²) in [5.74, 6) is -0.0665. The van der Waals surface area contributed by atoms with Gasteiger partial charge in [-0.15, -0.1) is 0 Å². The van der Waals surface area contributed by atoms with Crippen molar-refractivity contribution >= 4 is 23.8 Å². The minimum absolute atomic E-state index is 0.211. The Balaban J connectivity index is 2.25. The number of urea groups is 1. The average Bonchev–Trinajstić information content (AvgIpc) is 2.41. The first kappa shape index (κ1) is 16.4. The molecular formula is C14H20N2O3S. The molecular weight excluding hydrogens is 276 g/mol. The summed E-state index contributed by atoms with van der Waals surface area (Å²) in [6.07, 6.45) is 0. The summed E-state index contributed by atoms with van der Waals surface area (Å²) in [6, 6.07) is 6.22. The molecule has 1 aromatic carbocycles. The van der Waals surface area contributed by atoms with Crippen molar-refractivity contribution in [3.63, 3.8) is 0 Å². The van der Waals surface area contributed by atoms with E-state index in [1.165, 1.54) is 12.1 Å². The van der Waals surface area contributed by atoms with Gasteiger partial charge in [0.05, 0.1) is 5.56 Å². The van der Waals surface area contributed by atoms with Crippen LogP contribution in [-0.2, 0) is 6.54 Å². The predicted molar refractivity (Wildman–Crippen MR) is 81.2 cm³/mol. The number of aromatic carboxylic acids is 1. The van der Waals surface area contributed by atoms with Crippen LogP contribution in [0.3, 0.4) is 0 Å². The third-order valence-corrected chi connectivity index (χ3v) is 3.60. The molecule has 0 aromatic heterocycles. The van der Waals surface area contributed by atoms with E-state index in [1.807, 2.05) is 0 Å². The van der Waals surface area contributed by atoms with E-state index >= 15 is 0 Å². The lowest BCUT2D eigenvalue weighted by atomic mass is 10.1. The minimum atomic E-state index is -0.954. The summed E-state index contributed by atoms with van der Waals surface area (Å²) in [5.41, 5.74) is 1.10. The van der Waals surface area contributed by atoms with E-state index in [2.05, 4.69) is 24.5 Å². The van der Waals surface area contributed by atoms with Crippen LogP contribution < -0.4 is 10.6 Å². The summed E-state index contributed by atoms with van der Waals surface area (Å²) < 4.78 is 0. The molecule has 0 saturated heterocycles. The average molecular weight is 296 g/mol. The molecule has 2 amide bonds. The Morgan fingerprint density at radius 1 is 1.20 bits per heavy atom. The van der Waals surface area contributed by atoms with Gasteiger partial charge in [-0.2, -0.15) is 11.8 Å². The number of benzene rings is 1. The van der Waals surface area contributed by atoms with Gasteiger partial charge in [-0.25, -0.2) is 9.59 Å². The first-order valence-electron chi connectivity index (χ1n) is 6.44. The maximum absolute atomic E-state index is 11.5. The van der Waals surface area contributed by atoms with Gasteiger partial charge in [0, 0.05) is 18.8 Å². The Bertz CT molecular complexity index is 446. The fraction of sp³-hybridized carbons (Fsp3) is 0.429. The molecule has 0 heterocycles. The van der Waals surface area contributed by atoms with Crippen molar-refractivity contribution in [2.24, 2.45) is 0 Å². The molecule has 3 N–H and O–H groups in total. The summed E-state index contributed by atoms with van der Waals surface area (Å²) >= 11 is 1.79. The molecule has 0 aliphatic rings. The van der Waals surface area contributed by atoms with Gasteiger partial charge >= 0.3 is 12.0 Å². The number of thioether (sulfide) groups is 1. The van der Waals surface area contributed by atoms with Crippen molar-refractivity contribution in [2.45, 2.75) is 25.6 Å². The van der Waals surface area contributed by atoms with E-state index in [1.54, 1.807) is 23.9 Å². The molecule has 110 valence electrons. The van der Waals surface area contributed by atoms with Crippen LogP contribution in [-0.4, -0.2) is 34.7 Å². The Morgan fingerprint density at radius 2 is 1.85 bits per heavy atom. The van der Waals surface area contributed by atoms with E-state index in [-0.39, 0.29) is 11.6 Å². The number of carbonyl (C=O) groups is 2. The summed E-state index contributed by atoms with van der Waals surface area (Å²) in [7, 11) is 0. The molecule has 6 heteroatoms. The van der Waals surface area contributed by atoms with Gasteiger partial charge in [0.2, 0.25) is 0 Å². The third kappa shape index (κ3) is 6.47. The van der Waals surface area contributed by atoms with Crippen LogP contribution >= 0.6 is 11.8 Å². The van der Waals surface area contributed by atoms with Crippen LogP contribution in [0.15, 0.2) is 24.3 Å². The normalized spacial score (nSPS) is 10.3. The van der Waals surface area contributed by atoms with Crippen LogP contribution in [0.25, 0.3) is 0 Å². The molecule has 1 rings (SSSR count). The lowest BCUT2D eigenvalue weighted by molar-refractivity contribution is 0.0697. The Labute approximate surface area is 123 Å². The largest absolute Gasteiger partial charge is 0.478 e. The molecule has 0 saturated carbocycles. The maximum Gasteiger partial charge on any atom is 0.335 e. The van der Waals surface area contributed by atoms with Crippen molar-refractivity contribution in [1.82, 2.24) is 10.6 Å². The van der Waals surface area contributed by atoms with Crippen LogP contribution in [0.2, 0.25) is 0 Å². The zero-order chi connectivity index (χ0) is 15.0. The quantitative estimate of drug-likeness (QED) is 0.675. The van der Waals surface area contributed by atoms with Gasteiger partial charge in [0.1, 0.15) is 0 Å². The topological polar surface area (TPSA) is 78.4 Å². The number of amides is 2. The van der Waals surface area contributed by atoms with Gasteiger partial charge in [-0.3, -0.25) is 0 Å². The van der Waals surface area contributed by atoms with Gasteiger partial charge in [-0.05, 0) is 22.9 Å². The standard InChI is InChI=1S/C14H20N2O3S/c1-10(2)20-8-7-15-14(19)16-9-11-3-5-12(6-4-11)13(17)18/h3-6,10H,7-9H2,1-2H3,(H,17,18)(H2,15,16,19). The van der Waals surface area contributed by atoms with Crippen molar-refractivity contribution in [3.05, 3.63) is 35.4 Å². The fourth-order valence-corrected chi connectivity index (χ4v) is 2.16. The van der Waals surface area contributed by atoms with Crippen molar-refractivity contribution in [1.29, 1.82) is 0 Å². The lowest BCUT2D eigenvalue weighted by Gasteiger charge is -2.08. The molecule has 0 fully saturated rings. The predicted octanol–water partition coefficient (Wildman–Crippen LogP) is 2.33. The third-order valence-electron chi connectivity index (χ3n) is 2.49. The van der Waals surface area contributed by atoms with Gasteiger partial charge in [0.25, 0.3) is 0 Å².